The smallest absolute Gasteiger partial charge is 0.220 e. The molecule has 0 aliphatic rings. The molecular weight excluding hydrogens is 264 g/mol. The summed E-state index contributed by atoms with van der Waals surface area (Å²) >= 11 is 0. The van der Waals surface area contributed by atoms with Crippen LogP contribution in [-0.2, 0) is 16.6 Å². The van der Waals surface area contributed by atoms with Crippen LogP contribution in [0.3, 0.4) is 0 Å². The fraction of sp³-hybridized carbons (Fsp3) is 0.765. The summed E-state index contributed by atoms with van der Waals surface area (Å²) in [7, 11) is 0. The lowest BCUT2D eigenvalue weighted by molar-refractivity contribution is -0.122. The van der Waals surface area contributed by atoms with Crippen molar-refractivity contribution < 1.29 is 9.21 Å². The van der Waals surface area contributed by atoms with E-state index in [2.05, 4.69) is 51.8 Å². The molecule has 1 heterocycles. The number of amides is 1. The lowest BCUT2D eigenvalue weighted by Gasteiger charge is -2.17. The van der Waals surface area contributed by atoms with Crippen LogP contribution < -0.4 is 5.32 Å². The molecule has 0 bridgehead atoms. The molecule has 21 heavy (non-hydrogen) atoms. The Morgan fingerprint density at radius 2 is 1.81 bits per heavy atom. The Hall–Kier alpha value is -1.32. The van der Waals surface area contributed by atoms with Crippen LogP contribution in [0.15, 0.2) is 4.42 Å². The fourth-order valence-corrected chi connectivity index (χ4v) is 2.00. The molecule has 0 aliphatic heterocycles. The third-order valence-electron chi connectivity index (χ3n) is 3.13. The average Bonchev–Trinajstić information content (AvgIpc) is 2.64. The Balaban J connectivity index is 2.40. The van der Waals surface area contributed by atoms with Gasteiger partial charge in [0.05, 0.1) is 5.69 Å². The van der Waals surface area contributed by atoms with Crippen LogP contribution in [0.1, 0.15) is 71.7 Å². The summed E-state index contributed by atoms with van der Waals surface area (Å²) in [6.45, 7) is 15.1. The molecule has 120 valence electrons. The van der Waals surface area contributed by atoms with E-state index in [4.69, 9.17) is 4.42 Å². The zero-order valence-corrected chi connectivity index (χ0v) is 14.6. The predicted octanol–water partition coefficient (Wildman–Crippen LogP) is 3.77. The maximum Gasteiger partial charge on any atom is 0.220 e. The molecule has 0 unspecified atom stereocenters. The summed E-state index contributed by atoms with van der Waals surface area (Å²) in [6, 6.07) is 0. The first kappa shape index (κ1) is 17.7. The lowest BCUT2D eigenvalue weighted by Crippen LogP contribution is -2.28. The van der Waals surface area contributed by atoms with E-state index in [1.54, 1.807) is 0 Å². The van der Waals surface area contributed by atoms with Crippen LogP contribution in [-0.4, -0.2) is 17.4 Å². The van der Waals surface area contributed by atoms with E-state index in [1.165, 1.54) is 0 Å². The maximum atomic E-state index is 11.7. The minimum atomic E-state index is -0.0655. The monoisotopic (exact) mass is 294 g/mol. The number of nitrogens with zero attached hydrogens (tertiary/aromatic N) is 1. The number of oxazole rings is 1. The van der Waals surface area contributed by atoms with Gasteiger partial charge in [-0.3, -0.25) is 4.79 Å². The Labute approximate surface area is 128 Å². The largest absolute Gasteiger partial charge is 0.445 e. The van der Waals surface area contributed by atoms with Gasteiger partial charge >= 0.3 is 0 Å². The van der Waals surface area contributed by atoms with E-state index in [-0.39, 0.29) is 16.7 Å². The van der Waals surface area contributed by atoms with Crippen LogP contribution in [0.25, 0.3) is 0 Å². The van der Waals surface area contributed by atoms with E-state index < -0.39 is 0 Å². The molecule has 0 fully saturated rings. The summed E-state index contributed by atoms with van der Waals surface area (Å²) in [4.78, 5) is 16.2. The Morgan fingerprint density at radius 1 is 1.19 bits per heavy atom. The highest BCUT2D eigenvalue weighted by atomic mass is 16.4. The first-order chi connectivity index (χ1) is 9.49. The molecule has 1 amide bonds. The first-order valence-electron chi connectivity index (χ1n) is 7.72. The lowest BCUT2D eigenvalue weighted by atomic mass is 9.92. The van der Waals surface area contributed by atoms with Crippen LogP contribution in [0, 0.1) is 12.3 Å². The molecule has 0 radical (unpaired) electrons. The quantitative estimate of drug-likeness (QED) is 0.841. The van der Waals surface area contributed by atoms with Gasteiger partial charge in [-0.15, -0.1) is 0 Å². The van der Waals surface area contributed by atoms with Gasteiger partial charge in [0.25, 0.3) is 0 Å². The van der Waals surface area contributed by atoms with Crippen LogP contribution >= 0.6 is 0 Å². The topological polar surface area (TPSA) is 55.1 Å². The molecule has 1 N–H and O–H groups in total. The maximum absolute atomic E-state index is 11.7. The van der Waals surface area contributed by atoms with Crippen molar-refractivity contribution in [3.8, 4) is 0 Å². The Bertz CT molecular complexity index is 476. The second-order valence-electron chi connectivity index (χ2n) is 7.97. The molecule has 1 rings (SSSR count). The summed E-state index contributed by atoms with van der Waals surface area (Å²) in [5, 5.41) is 2.96. The molecule has 4 nitrogen and oxygen atoms in total. The summed E-state index contributed by atoms with van der Waals surface area (Å²) < 4.78 is 5.84. The molecule has 0 aromatic carbocycles. The van der Waals surface area contributed by atoms with Gasteiger partial charge in [0.2, 0.25) is 5.91 Å². The summed E-state index contributed by atoms with van der Waals surface area (Å²) in [5.41, 5.74) is 0.929. The molecule has 0 aliphatic carbocycles. The number of carbonyl (C=O) groups is 1. The number of rotatable bonds is 5. The third-order valence-corrected chi connectivity index (χ3v) is 3.13. The highest BCUT2D eigenvalue weighted by molar-refractivity contribution is 5.76. The highest BCUT2D eigenvalue weighted by Crippen LogP contribution is 2.24. The van der Waals surface area contributed by atoms with E-state index in [9.17, 15) is 4.79 Å². The predicted molar refractivity (Wildman–Crippen MR) is 85.3 cm³/mol. The van der Waals surface area contributed by atoms with Crippen molar-refractivity contribution in [1.82, 2.24) is 10.3 Å². The number of carbonyl (C=O) groups excluding carboxylic acids is 1. The normalized spacial score (nSPS) is 12.5. The highest BCUT2D eigenvalue weighted by Gasteiger charge is 2.22. The molecular formula is C17H30N2O2. The Kier molecular flexibility index (Phi) is 5.60. The molecule has 0 spiro atoms. The summed E-state index contributed by atoms with van der Waals surface area (Å²) in [5.74, 6) is 1.84. The van der Waals surface area contributed by atoms with E-state index in [0.29, 0.717) is 13.0 Å². The standard InChI is InChI=1S/C17H30N2O2/c1-12-13(21-15(19-12)17(5,6)7)9-8-10-18-14(20)11-16(2,3)4/h8-11H2,1-7H3,(H,18,20). The molecule has 4 heteroatoms. The van der Waals surface area contributed by atoms with Crippen molar-refractivity contribution >= 4 is 5.91 Å². The van der Waals surface area contributed by atoms with E-state index in [0.717, 1.165) is 30.2 Å². The molecule has 1 aromatic rings. The molecule has 0 atom stereocenters. The van der Waals surface area contributed by atoms with Crippen molar-refractivity contribution in [3.05, 3.63) is 17.3 Å². The van der Waals surface area contributed by atoms with Crippen molar-refractivity contribution in [2.75, 3.05) is 6.54 Å². The summed E-state index contributed by atoms with van der Waals surface area (Å²) in [6.07, 6.45) is 2.24. The molecule has 1 aromatic heterocycles. The van der Waals surface area contributed by atoms with Gasteiger partial charge in [-0.1, -0.05) is 41.5 Å². The SMILES string of the molecule is Cc1nc(C(C)(C)C)oc1CCCNC(=O)CC(C)(C)C. The van der Waals surface area contributed by atoms with Crippen LogP contribution in [0.4, 0.5) is 0 Å². The van der Waals surface area contributed by atoms with Gasteiger partial charge < -0.3 is 9.73 Å². The average molecular weight is 294 g/mol. The minimum Gasteiger partial charge on any atom is -0.445 e. The van der Waals surface area contributed by atoms with Gasteiger partial charge in [0.15, 0.2) is 5.89 Å². The van der Waals surface area contributed by atoms with Crippen molar-refractivity contribution in [3.63, 3.8) is 0 Å². The minimum absolute atomic E-state index is 0.0349. The van der Waals surface area contributed by atoms with Gasteiger partial charge in [-0.05, 0) is 18.8 Å². The second-order valence-corrected chi connectivity index (χ2v) is 7.97. The Morgan fingerprint density at radius 3 is 2.29 bits per heavy atom. The van der Waals surface area contributed by atoms with Crippen molar-refractivity contribution in [2.24, 2.45) is 5.41 Å². The van der Waals surface area contributed by atoms with Gasteiger partial charge in [0.1, 0.15) is 5.76 Å². The molecule has 0 saturated carbocycles. The van der Waals surface area contributed by atoms with E-state index >= 15 is 0 Å². The number of aryl methyl sites for hydroxylation is 2. The van der Waals surface area contributed by atoms with Crippen molar-refractivity contribution in [2.45, 2.75) is 73.1 Å². The van der Waals surface area contributed by atoms with Gasteiger partial charge in [-0.2, -0.15) is 0 Å². The zero-order valence-electron chi connectivity index (χ0n) is 14.6. The third kappa shape index (κ3) is 6.32. The van der Waals surface area contributed by atoms with Gasteiger partial charge in [0, 0.05) is 24.8 Å². The van der Waals surface area contributed by atoms with Crippen molar-refractivity contribution in [1.29, 1.82) is 0 Å². The second kappa shape index (κ2) is 6.63. The van der Waals surface area contributed by atoms with E-state index in [1.807, 2.05) is 6.92 Å². The van der Waals surface area contributed by atoms with Crippen LogP contribution in [0.2, 0.25) is 0 Å². The van der Waals surface area contributed by atoms with Gasteiger partial charge in [-0.25, -0.2) is 4.98 Å². The van der Waals surface area contributed by atoms with Crippen LogP contribution in [0.5, 0.6) is 0 Å². The zero-order chi connectivity index (χ0) is 16.3. The molecule has 0 saturated heterocycles. The number of hydrogen-bond donors (Lipinski definition) is 1. The number of aromatic nitrogens is 1. The fourth-order valence-electron chi connectivity index (χ4n) is 2.00. The first-order valence-corrected chi connectivity index (χ1v) is 7.72. The number of nitrogens with one attached hydrogen (secondary N) is 1. The number of hydrogen-bond acceptors (Lipinski definition) is 3.